The van der Waals surface area contributed by atoms with E-state index in [-0.39, 0.29) is 6.04 Å². The Morgan fingerprint density at radius 1 is 1.57 bits per heavy atom. The summed E-state index contributed by atoms with van der Waals surface area (Å²) in [7, 11) is 0. The molecular weight excluding hydrogens is 174 g/mol. The molecule has 1 fully saturated rings. The molecule has 0 radical (unpaired) electrons. The summed E-state index contributed by atoms with van der Waals surface area (Å²) in [6.07, 6.45) is 6.05. The summed E-state index contributed by atoms with van der Waals surface area (Å²) in [5.41, 5.74) is 0. The Morgan fingerprint density at radius 2 is 2.29 bits per heavy atom. The van der Waals surface area contributed by atoms with Gasteiger partial charge in [-0.25, -0.2) is 0 Å². The summed E-state index contributed by atoms with van der Waals surface area (Å²) in [5.74, 6) is 0.750. The Labute approximate surface area is 87.0 Å². The lowest BCUT2D eigenvalue weighted by molar-refractivity contribution is -0.134. The van der Waals surface area contributed by atoms with Crippen LogP contribution in [0, 0.1) is 5.92 Å². The van der Waals surface area contributed by atoms with E-state index in [9.17, 15) is 4.79 Å². The fraction of sp³-hybridized carbons (Fsp3) is 0.750. The Bertz CT molecular complexity index is 210. The molecular formula is C12H21NO. The number of hydrogen-bond donors (Lipinski definition) is 0. The van der Waals surface area contributed by atoms with Gasteiger partial charge in [0.05, 0.1) is 0 Å². The quantitative estimate of drug-likeness (QED) is 0.634. The molecule has 0 aromatic rings. The van der Waals surface area contributed by atoms with Gasteiger partial charge in [0.2, 0.25) is 5.91 Å². The first-order valence-corrected chi connectivity index (χ1v) is 5.57. The third-order valence-electron chi connectivity index (χ3n) is 2.72. The Morgan fingerprint density at radius 3 is 2.86 bits per heavy atom. The molecule has 1 aliphatic rings. The minimum Gasteiger partial charge on any atom is -0.336 e. The van der Waals surface area contributed by atoms with E-state index in [1.54, 1.807) is 0 Å². The second-order valence-electron chi connectivity index (χ2n) is 4.48. The number of nitrogens with zero attached hydrogens (tertiary/aromatic N) is 1. The normalized spacial score (nSPS) is 22.5. The van der Waals surface area contributed by atoms with Crippen LogP contribution in [0.2, 0.25) is 0 Å². The van der Waals surface area contributed by atoms with Gasteiger partial charge >= 0.3 is 0 Å². The van der Waals surface area contributed by atoms with Gasteiger partial charge in [0.15, 0.2) is 0 Å². The predicted octanol–water partition coefficient (Wildman–Crippen LogP) is 2.60. The molecule has 0 aromatic carbocycles. The first-order valence-electron chi connectivity index (χ1n) is 5.57. The summed E-state index contributed by atoms with van der Waals surface area (Å²) in [6, 6.07) is 0.287. The molecule has 2 heteroatoms. The van der Waals surface area contributed by atoms with Crippen molar-refractivity contribution >= 4 is 5.91 Å². The summed E-state index contributed by atoms with van der Waals surface area (Å²) in [6.45, 7) is 8.90. The topological polar surface area (TPSA) is 20.3 Å². The van der Waals surface area contributed by atoms with E-state index in [1.165, 1.54) is 6.42 Å². The van der Waals surface area contributed by atoms with Gasteiger partial charge in [0.25, 0.3) is 0 Å². The highest BCUT2D eigenvalue weighted by Gasteiger charge is 2.24. The van der Waals surface area contributed by atoms with Crippen LogP contribution < -0.4 is 0 Å². The molecule has 0 saturated carbocycles. The number of amides is 1. The maximum Gasteiger partial charge on any atom is 0.223 e. The molecule has 0 aliphatic carbocycles. The van der Waals surface area contributed by atoms with Crippen molar-refractivity contribution in [2.24, 2.45) is 5.92 Å². The van der Waals surface area contributed by atoms with E-state index in [1.807, 2.05) is 11.0 Å². The number of likely N-dealkylation sites (tertiary alicyclic amines) is 1. The molecule has 1 heterocycles. The van der Waals surface area contributed by atoms with Crippen molar-refractivity contribution in [1.29, 1.82) is 0 Å². The van der Waals surface area contributed by atoms with Gasteiger partial charge in [0.1, 0.15) is 0 Å². The van der Waals surface area contributed by atoms with Crippen molar-refractivity contribution in [3.63, 3.8) is 0 Å². The van der Waals surface area contributed by atoms with Gasteiger partial charge in [0, 0.05) is 19.0 Å². The number of hydrogen-bond acceptors (Lipinski definition) is 1. The van der Waals surface area contributed by atoms with Crippen LogP contribution in [0.1, 0.15) is 39.5 Å². The molecule has 1 rings (SSSR count). The molecule has 1 amide bonds. The van der Waals surface area contributed by atoms with Crippen LogP contribution in [0.5, 0.6) is 0 Å². The largest absolute Gasteiger partial charge is 0.336 e. The number of carbonyl (C=O) groups excluding carboxylic acids is 1. The smallest absolute Gasteiger partial charge is 0.223 e. The van der Waals surface area contributed by atoms with Crippen molar-refractivity contribution in [2.45, 2.75) is 45.6 Å². The van der Waals surface area contributed by atoms with E-state index in [0.717, 1.165) is 19.4 Å². The highest BCUT2D eigenvalue weighted by molar-refractivity contribution is 5.77. The third kappa shape index (κ3) is 2.86. The SMILES string of the molecule is C=CC1CCCCN1C(=O)CC(C)C. The molecule has 1 saturated heterocycles. The predicted molar refractivity (Wildman–Crippen MR) is 59.0 cm³/mol. The summed E-state index contributed by atoms with van der Waals surface area (Å²) in [4.78, 5) is 13.9. The Hall–Kier alpha value is -0.790. The zero-order valence-corrected chi connectivity index (χ0v) is 9.33. The van der Waals surface area contributed by atoms with Crippen molar-refractivity contribution in [2.75, 3.05) is 6.54 Å². The van der Waals surface area contributed by atoms with Gasteiger partial charge < -0.3 is 4.90 Å². The fourth-order valence-electron chi connectivity index (χ4n) is 1.98. The van der Waals surface area contributed by atoms with Crippen LogP contribution in [-0.2, 0) is 4.79 Å². The van der Waals surface area contributed by atoms with Crippen LogP contribution in [0.15, 0.2) is 12.7 Å². The number of rotatable bonds is 3. The van der Waals surface area contributed by atoms with E-state index < -0.39 is 0 Å². The second kappa shape index (κ2) is 5.18. The third-order valence-corrected chi connectivity index (χ3v) is 2.72. The molecule has 1 aliphatic heterocycles. The molecule has 14 heavy (non-hydrogen) atoms. The Kier molecular flexibility index (Phi) is 4.18. The summed E-state index contributed by atoms with van der Waals surface area (Å²) in [5, 5.41) is 0. The van der Waals surface area contributed by atoms with Crippen molar-refractivity contribution in [3.05, 3.63) is 12.7 Å². The van der Waals surface area contributed by atoms with Crippen molar-refractivity contribution in [3.8, 4) is 0 Å². The molecule has 1 atom stereocenters. The number of carbonyl (C=O) groups is 1. The lowest BCUT2D eigenvalue weighted by Crippen LogP contribution is -2.42. The van der Waals surface area contributed by atoms with Gasteiger partial charge in [-0.15, -0.1) is 6.58 Å². The van der Waals surface area contributed by atoms with E-state index in [0.29, 0.717) is 18.2 Å². The average Bonchev–Trinajstić information content (AvgIpc) is 2.16. The van der Waals surface area contributed by atoms with Crippen LogP contribution in [0.4, 0.5) is 0 Å². The fourth-order valence-corrected chi connectivity index (χ4v) is 1.98. The lowest BCUT2D eigenvalue weighted by atomic mass is 10.0. The molecule has 0 N–H and O–H groups in total. The van der Waals surface area contributed by atoms with Gasteiger partial charge in [-0.2, -0.15) is 0 Å². The molecule has 0 spiro atoms. The van der Waals surface area contributed by atoms with E-state index in [4.69, 9.17) is 0 Å². The standard InChI is InChI=1S/C12H21NO/c1-4-11-7-5-6-8-13(11)12(14)9-10(2)3/h4,10-11H,1,5-9H2,2-3H3. The maximum absolute atomic E-state index is 11.9. The van der Waals surface area contributed by atoms with Gasteiger partial charge in [-0.3, -0.25) is 4.79 Å². The summed E-state index contributed by atoms with van der Waals surface area (Å²) < 4.78 is 0. The molecule has 0 bridgehead atoms. The highest BCUT2D eigenvalue weighted by atomic mass is 16.2. The molecule has 2 nitrogen and oxygen atoms in total. The second-order valence-corrected chi connectivity index (χ2v) is 4.48. The van der Waals surface area contributed by atoms with Crippen LogP contribution >= 0.6 is 0 Å². The van der Waals surface area contributed by atoms with Crippen LogP contribution in [-0.4, -0.2) is 23.4 Å². The first kappa shape index (κ1) is 11.3. The Balaban J connectivity index is 2.54. The highest BCUT2D eigenvalue weighted by Crippen LogP contribution is 2.19. The zero-order valence-electron chi connectivity index (χ0n) is 9.33. The van der Waals surface area contributed by atoms with Crippen LogP contribution in [0.3, 0.4) is 0 Å². The molecule has 1 unspecified atom stereocenters. The first-order chi connectivity index (χ1) is 6.65. The zero-order chi connectivity index (χ0) is 10.6. The van der Waals surface area contributed by atoms with Gasteiger partial charge in [-0.1, -0.05) is 19.9 Å². The number of piperidine rings is 1. The van der Waals surface area contributed by atoms with E-state index in [2.05, 4.69) is 20.4 Å². The van der Waals surface area contributed by atoms with Crippen molar-refractivity contribution < 1.29 is 4.79 Å². The molecule has 80 valence electrons. The van der Waals surface area contributed by atoms with Crippen molar-refractivity contribution in [1.82, 2.24) is 4.90 Å². The molecule has 0 aromatic heterocycles. The summed E-state index contributed by atoms with van der Waals surface area (Å²) >= 11 is 0. The minimum atomic E-state index is 0.287. The van der Waals surface area contributed by atoms with Crippen LogP contribution in [0.25, 0.3) is 0 Å². The van der Waals surface area contributed by atoms with E-state index >= 15 is 0 Å². The minimum absolute atomic E-state index is 0.287. The van der Waals surface area contributed by atoms with Gasteiger partial charge in [-0.05, 0) is 25.2 Å². The lowest BCUT2D eigenvalue weighted by Gasteiger charge is -2.34. The maximum atomic E-state index is 11.9. The average molecular weight is 195 g/mol. The monoisotopic (exact) mass is 195 g/mol.